The zero-order valence-corrected chi connectivity index (χ0v) is 13.0. The number of piperidine rings is 1. The number of aromatic amines is 1. The summed E-state index contributed by atoms with van der Waals surface area (Å²) in [5.41, 5.74) is 4.14. The maximum Gasteiger partial charge on any atom is 0.0930 e. The standard InChI is InChI=1S/C18H21N5/c1-2-15(11-19-8-1)21-12-16-4-6-18(23-22-16)13-3-5-17-14(10-13)7-9-20-17/h3-7,9-10,15,19-21H,1-2,8,11-12H2. The third kappa shape index (κ3) is 3.25. The van der Waals surface area contributed by atoms with Crippen molar-refractivity contribution in [2.24, 2.45) is 0 Å². The zero-order valence-electron chi connectivity index (χ0n) is 13.0. The van der Waals surface area contributed by atoms with E-state index in [0.29, 0.717) is 6.04 Å². The van der Waals surface area contributed by atoms with Crippen LogP contribution in [0.25, 0.3) is 22.2 Å². The van der Waals surface area contributed by atoms with Crippen LogP contribution in [-0.4, -0.2) is 34.3 Å². The molecule has 3 aromatic rings. The van der Waals surface area contributed by atoms with Crippen molar-refractivity contribution in [3.05, 3.63) is 48.3 Å². The summed E-state index contributed by atoms with van der Waals surface area (Å²) >= 11 is 0. The van der Waals surface area contributed by atoms with Gasteiger partial charge in [-0.1, -0.05) is 6.07 Å². The van der Waals surface area contributed by atoms with Gasteiger partial charge in [-0.25, -0.2) is 0 Å². The summed E-state index contributed by atoms with van der Waals surface area (Å²) in [6, 6.07) is 13.0. The molecule has 2 aromatic heterocycles. The molecule has 1 atom stereocenters. The van der Waals surface area contributed by atoms with E-state index in [-0.39, 0.29) is 0 Å². The van der Waals surface area contributed by atoms with E-state index in [2.05, 4.69) is 62.2 Å². The van der Waals surface area contributed by atoms with Crippen molar-refractivity contribution in [2.75, 3.05) is 13.1 Å². The summed E-state index contributed by atoms with van der Waals surface area (Å²) in [5.74, 6) is 0. The van der Waals surface area contributed by atoms with Gasteiger partial charge in [-0.15, -0.1) is 0 Å². The van der Waals surface area contributed by atoms with Gasteiger partial charge in [0.25, 0.3) is 0 Å². The molecule has 118 valence electrons. The molecule has 1 fully saturated rings. The third-order valence-corrected chi connectivity index (χ3v) is 4.44. The van der Waals surface area contributed by atoms with E-state index in [1.54, 1.807) is 0 Å². The largest absolute Gasteiger partial charge is 0.361 e. The van der Waals surface area contributed by atoms with Crippen LogP contribution in [0.5, 0.6) is 0 Å². The normalized spacial score (nSPS) is 18.3. The molecule has 0 spiro atoms. The first-order valence-electron chi connectivity index (χ1n) is 8.23. The van der Waals surface area contributed by atoms with Gasteiger partial charge in [0.2, 0.25) is 0 Å². The van der Waals surface area contributed by atoms with Gasteiger partial charge in [-0.3, -0.25) is 0 Å². The fourth-order valence-corrected chi connectivity index (χ4v) is 3.10. The lowest BCUT2D eigenvalue weighted by Crippen LogP contribution is -2.42. The third-order valence-electron chi connectivity index (χ3n) is 4.44. The minimum Gasteiger partial charge on any atom is -0.361 e. The number of benzene rings is 1. The van der Waals surface area contributed by atoms with E-state index in [1.807, 2.05) is 6.20 Å². The molecule has 1 unspecified atom stereocenters. The van der Waals surface area contributed by atoms with Crippen molar-refractivity contribution in [1.29, 1.82) is 0 Å². The lowest BCUT2D eigenvalue weighted by Gasteiger charge is -2.23. The Hall–Kier alpha value is -2.24. The van der Waals surface area contributed by atoms with Crippen molar-refractivity contribution in [1.82, 2.24) is 25.8 Å². The van der Waals surface area contributed by atoms with Crippen LogP contribution in [-0.2, 0) is 6.54 Å². The molecule has 0 radical (unpaired) electrons. The van der Waals surface area contributed by atoms with Gasteiger partial charge in [0.1, 0.15) is 0 Å². The predicted molar refractivity (Wildman–Crippen MR) is 92.1 cm³/mol. The molecule has 23 heavy (non-hydrogen) atoms. The summed E-state index contributed by atoms with van der Waals surface area (Å²) in [5, 5.41) is 16.9. The highest BCUT2D eigenvalue weighted by atomic mass is 15.1. The van der Waals surface area contributed by atoms with Crippen molar-refractivity contribution in [2.45, 2.75) is 25.4 Å². The summed E-state index contributed by atoms with van der Waals surface area (Å²) in [7, 11) is 0. The van der Waals surface area contributed by atoms with E-state index in [1.165, 1.54) is 18.2 Å². The first kappa shape index (κ1) is 14.4. The molecule has 0 aliphatic carbocycles. The molecule has 0 amide bonds. The molecule has 1 aliphatic rings. The van der Waals surface area contributed by atoms with Crippen LogP contribution in [0.15, 0.2) is 42.6 Å². The number of nitrogens with one attached hydrogen (secondary N) is 3. The quantitative estimate of drug-likeness (QED) is 0.693. The second kappa shape index (κ2) is 6.48. The van der Waals surface area contributed by atoms with E-state index in [4.69, 9.17) is 0 Å². The maximum absolute atomic E-state index is 4.39. The molecule has 1 aromatic carbocycles. The Bertz CT molecular complexity index is 771. The fraction of sp³-hybridized carbons (Fsp3) is 0.333. The van der Waals surface area contributed by atoms with E-state index < -0.39 is 0 Å². The molecule has 1 saturated heterocycles. The van der Waals surface area contributed by atoms with Crippen molar-refractivity contribution >= 4 is 10.9 Å². The van der Waals surface area contributed by atoms with Gasteiger partial charge in [0.05, 0.1) is 11.4 Å². The summed E-state index contributed by atoms with van der Waals surface area (Å²) in [6.07, 6.45) is 4.42. The second-order valence-electron chi connectivity index (χ2n) is 6.11. The highest BCUT2D eigenvalue weighted by Crippen LogP contribution is 2.21. The maximum atomic E-state index is 4.39. The van der Waals surface area contributed by atoms with E-state index in [9.17, 15) is 0 Å². The van der Waals surface area contributed by atoms with Crippen molar-refractivity contribution in [3.8, 4) is 11.3 Å². The van der Waals surface area contributed by atoms with Gasteiger partial charge in [-0.2, -0.15) is 10.2 Å². The SMILES string of the molecule is c1cc2cc(-c3ccc(CNC4CCCNC4)nn3)ccc2[nH]1. The molecule has 4 rings (SSSR count). The number of rotatable bonds is 4. The smallest absolute Gasteiger partial charge is 0.0930 e. The van der Waals surface area contributed by atoms with Crippen LogP contribution >= 0.6 is 0 Å². The predicted octanol–water partition coefficient (Wildman–Crippen LogP) is 2.47. The average Bonchev–Trinajstić information content (AvgIpc) is 3.09. The highest BCUT2D eigenvalue weighted by molar-refractivity contribution is 5.84. The van der Waals surface area contributed by atoms with Gasteiger partial charge in [0.15, 0.2) is 0 Å². The molecule has 3 heterocycles. The zero-order chi connectivity index (χ0) is 15.5. The fourth-order valence-electron chi connectivity index (χ4n) is 3.10. The lowest BCUT2D eigenvalue weighted by atomic mass is 10.1. The average molecular weight is 307 g/mol. The molecule has 0 bridgehead atoms. The lowest BCUT2D eigenvalue weighted by molar-refractivity contribution is 0.387. The molecule has 3 N–H and O–H groups in total. The van der Waals surface area contributed by atoms with Gasteiger partial charge in [-0.05, 0) is 49.7 Å². The van der Waals surface area contributed by atoms with Crippen LogP contribution in [0, 0.1) is 0 Å². The van der Waals surface area contributed by atoms with Gasteiger partial charge < -0.3 is 15.6 Å². The summed E-state index contributed by atoms with van der Waals surface area (Å²) in [4.78, 5) is 3.21. The van der Waals surface area contributed by atoms with Crippen LogP contribution in [0.4, 0.5) is 0 Å². The Kier molecular flexibility index (Phi) is 4.05. The number of hydrogen-bond acceptors (Lipinski definition) is 4. The number of nitrogens with zero attached hydrogens (tertiary/aromatic N) is 2. The topological polar surface area (TPSA) is 65.6 Å². The first-order valence-corrected chi connectivity index (χ1v) is 8.23. The van der Waals surface area contributed by atoms with Crippen LogP contribution in [0.3, 0.4) is 0 Å². The molecular formula is C18H21N5. The summed E-state index contributed by atoms with van der Waals surface area (Å²) in [6.45, 7) is 2.96. The van der Waals surface area contributed by atoms with E-state index in [0.717, 1.165) is 42.1 Å². The highest BCUT2D eigenvalue weighted by Gasteiger charge is 2.12. The van der Waals surface area contributed by atoms with Gasteiger partial charge >= 0.3 is 0 Å². The Morgan fingerprint density at radius 1 is 1.13 bits per heavy atom. The molecule has 1 aliphatic heterocycles. The minimum absolute atomic E-state index is 0.543. The Labute approximate surface area is 135 Å². The Morgan fingerprint density at radius 3 is 2.96 bits per heavy atom. The molecular weight excluding hydrogens is 286 g/mol. The number of fused-ring (bicyclic) bond motifs is 1. The van der Waals surface area contributed by atoms with Crippen LogP contribution in [0.1, 0.15) is 18.5 Å². The number of H-pyrrole nitrogens is 1. The second-order valence-corrected chi connectivity index (χ2v) is 6.11. The molecule has 5 heteroatoms. The number of aromatic nitrogens is 3. The Morgan fingerprint density at radius 2 is 2.13 bits per heavy atom. The first-order chi connectivity index (χ1) is 11.4. The van der Waals surface area contributed by atoms with Gasteiger partial charge in [0, 0.05) is 41.8 Å². The van der Waals surface area contributed by atoms with Crippen molar-refractivity contribution < 1.29 is 0 Å². The molecule has 0 saturated carbocycles. The molecule has 5 nitrogen and oxygen atoms in total. The van der Waals surface area contributed by atoms with Crippen molar-refractivity contribution in [3.63, 3.8) is 0 Å². The van der Waals surface area contributed by atoms with Crippen LogP contribution in [0.2, 0.25) is 0 Å². The Balaban J connectivity index is 1.44. The minimum atomic E-state index is 0.543. The van der Waals surface area contributed by atoms with Crippen LogP contribution < -0.4 is 10.6 Å². The van der Waals surface area contributed by atoms with E-state index >= 15 is 0 Å². The number of hydrogen-bond donors (Lipinski definition) is 3. The summed E-state index contributed by atoms with van der Waals surface area (Å²) < 4.78 is 0. The monoisotopic (exact) mass is 307 g/mol.